The molecule has 12 atom stereocenters. The SMILES string of the molecule is CC(=O)N[C@@H](CCCCN)C(=O)N[C@@H](CCCCN)C(=O)N[C@@H](CCCCN)C(=O)N[C@@H](CCCCN)C(=O)N[C@@H](CCCCN)C(=O)N[C@@H](CCCCN)C(=O)N[C@@H](CCCCN)C(=O)N[C@@H](Cc1c[nH]c2ccccc12)C(=O)N[C@@H](CCCN=C(N)N)C(=O)N[C@@H](Cc1ccc(O)cc1)C(=O)N[C@@H](Cc1ccc(O)cc1)C(=O)N[C@@H](CCCN=C(N)N)C(N)=O. The normalized spacial score (nSPS) is 14.0. The molecule has 1 heterocycles. The minimum Gasteiger partial charge on any atom is -0.508 e. The number of carbonyl (C=O) groups excluding carboxylic acids is 13. The number of para-hydroxylation sites is 1. The Labute approximate surface area is 741 Å². The molecular weight excluding hydrogens is 1640 g/mol. The fourth-order valence-electron chi connectivity index (χ4n) is 14.0. The number of nitrogens with zero attached hydrogens (tertiary/aromatic N) is 2. The zero-order valence-electron chi connectivity index (χ0n) is 73.1. The molecule has 0 bridgehead atoms. The molecule has 13 amide bonds. The largest absolute Gasteiger partial charge is 0.508 e. The van der Waals surface area contributed by atoms with Gasteiger partial charge in [0.2, 0.25) is 76.8 Å². The number of guanidine groups is 2. The van der Waals surface area contributed by atoms with Gasteiger partial charge in [0.25, 0.3) is 0 Å². The van der Waals surface area contributed by atoms with Gasteiger partial charge in [-0.05, 0) is 253 Å². The van der Waals surface area contributed by atoms with Crippen molar-refractivity contribution in [2.24, 2.45) is 78.8 Å². The molecule has 1 aromatic heterocycles. The van der Waals surface area contributed by atoms with Crippen molar-refractivity contribution in [3.05, 3.63) is 95.7 Å². The number of hydrogen-bond acceptors (Lipinski definition) is 24. The van der Waals surface area contributed by atoms with Crippen LogP contribution in [0.25, 0.3) is 10.9 Å². The van der Waals surface area contributed by atoms with Crippen LogP contribution in [0.5, 0.6) is 11.5 Å². The topological polar surface area (TPSA) is 759 Å². The number of primary amides is 1. The number of aliphatic imine (C=N–C) groups is 2. The van der Waals surface area contributed by atoms with Crippen LogP contribution in [-0.2, 0) is 81.6 Å². The molecule has 0 saturated heterocycles. The number of rotatable bonds is 66. The summed E-state index contributed by atoms with van der Waals surface area (Å²) >= 11 is 0. The summed E-state index contributed by atoms with van der Waals surface area (Å²) in [6.45, 7) is 2.96. The number of aromatic nitrogens is 1. The first-order chi connectivity index (χ1) is 60.9. The number of benzene rings is 3. The van der Waals surface area contributed by atoms with Gasteiger partial charge in [-0.2, -0.15) is 0 Å². The summed E-state index contributed by atoms with van der Waals surface area (Å²) in [4.78, 5) is 200. The lowest BCUT2D eigenvalue weighted by molar-refractivity contribution is -0.136. The zero-order chi connectivity index (χ0) is 93.6. The van der Waals surface area contributed by atoms with Crippen LogP contribution in [0.15, 0.2) is 89.0 Å². The van der Waals surface area contributed by atoms with Crippen LogP contribution in [0.4, 0.5) is 0 Å². The summed E-state index contributed by atoms with van der Waals surface area (Å²) in [5.74, 6) is -11.3. The fourth-order valence-corrected chi connectivity index (χ4v) is 14.0. The molecule has 706 valence electrons. The molecule has 127 heavy (non-hydrogen) atoms. The number of H-pyrrole nitrogens is 1. The van der Waals surface area contributed by atoms with Gasteiger partial charge in [0.1, 0.15) is 84.0 Å². The van der Waals surface area contributed by atoms with E-state index in [1.54, 1.807) is 30.5 Å². The number of phenolic OH excluding ortho intramolecular Hbond substituents is 2. The molecule has 0 fully saturated rings. The maximum absolute atomic E-state index is 15.5. The number of aromatic amines is 1. The summed E-state index contributed by atoms with van der Waals surface area (Å²) in [6.07, 6.45) is 6.61. The van der Waals surface area contributed by atoms with Crippen LogP contribution in [0.1, 0.15) is 184 Å². The third kappa shape index (κ3) is 41.9. The molecule has 0 aliphatic heterocycles. The highest BCUT2D eigenvalue weighted by Crippen LogP contribution is 2.22. The van der Waals surface area contributed by atoms with Crippen molar-refractivity contribution in [2.75, 3.05) is 58.9 Å². The lowest BCUT2D eigenvalue weighted by Crippen LogP contribution is -2.61. The van der Waals surface area contributed by atoms with Crippen LogP contribution in [-0.4, -0.2) is 235 Å². The number of phenols is 2. The summed E-state index contributed by atoms with van der Waals surface area (Å²) < 4.78 is 0. The van der Waals surface area contributed by atoms with E-state index >= 15 is 28.8 Å². The highest BCUT2D eigenvalue weighted by atomic mass is 16.3. The Balaban J connectivity index is 1.76. The Bertz CT molecular complexity index is 4130. The third-order valence-electron chi connectivity index (χ3n) is 21.1. The fraction of sp³-hybridized carbons (Fsp3) is 0.588. The lowest BCUT2D eigenvalue weighted by atomic mass is 10.0. The second-order valence-corrected chi connectivity index (χ2v) is 31.5. The van der Waals surface area contributed by atoms with Crippen LogP contribution in [0.3, 0.4) is 0 Å². The van der Waals surface area contributed by atoms with E-state index in [4.69, 9.17) is 68.8 Å². The lowest BCUT2D eigenvalue weighted by Gasteiger charge is -2.29. The number of unbranched alkanes of at least 4 members (excludes halogenated alkanes) is 7. The van der Waals surface area contributed by atoms with Crippen LogP contribution in [0.2, 0.25) is 0 Å². The van der Waals surface area contributed by atoms with E-state index < -0.39 is 149 Å². The molecule has 42 heteroatoms. The third-order valence-corrected chi connectivity index (χ3v) is 21.1. The molecule has 42 nitrogen and oxygen atoms in total. The van der Waals surface area contributed by atoms with Crippen molar-refractivity contribution >= 4 is 99.6 Å². The van der Waals surface area contributed by atoms with Crippen molar-refractivity contribution in [3.63, 3.8) is 0 Å². The van der Waals surface area contributed by atoms with E-state index in [1.807, 2.05) is 0 Å². The Morgan fingerprint density at radius 3 is 0.803 bits per heavy atom. The summed E-state index contributed by atoms with van der Waals surface area (Å²) in [7, 11) is 0. The van der Waals surface area contributed by atoms with E-state index in [2.05, 4.69) is 78.8 Å². The number of hydrogen-bond donors (Lipinski definition) is 27. The van der Waals surface area contributed by atoms with Crippen LogP contribution >= 0.6 is 0 Å². The van der Waals surface area contributed by atoms with Gasteiger partial charge in [0.15, 0.2) is 11.9 Å². The first-order valence-electron chi connectivity index (χ1n) is 43.9. The molecule has 4 aromatic rings. The van der Waals surface area contributed by atoms with E-state index in [0.717, 1.165) is 0 Å². The maximum atomic E-state index is 15.5. The zero-order valence-corrected chi connectivity index (χ0v) is 73.1. The molecule has 4 rings (SSSR count). The maximum Gasteiger partial charge on any atom is 0.243 e. The molecule has 39 N–H and O–H groups in total. The van der Waals surface area contributed by atoms with Crippen molar-refractivity contribution < 1.29 is 72.5 Å². The number of aromatic hydroxyl groups is 2. The standard InChI is InChI=1S/C85H141N27O15/c1-52(113)101-61(22-4-11-39-86)73(117)103-62(23-5-12-40-87)74(118)104-63(24-6-13-41-88)75(119)105-64(25-7-14-42-89)76(120)106-65(26-8-15-43-90)77(121)107-66(27-9-16-44-91)78(122)108-67(28-10-17-45-92)79(123)112-71(50-55-51-100-59-21-3-2-20-58(55)59)83(127)109-68(30-19-47-99-85(96)97)80(124)110-70(49-54-33-37-57(115)38-34-54)82(126)111-69(48-53-31-35-56(114)36-32-53)81(125)102-60(72(93)116)29-18-46-98-84(94)95/h2-3,20-21,31-38,51,60-71,100,114-115H,4-19,22-30,39-50,86-92H2,1H3,(H2,93,116)(H,101,113)(H,102,125)(H,103,117)(H,104,118)(H,105,119)(H,106,120)(H,107,121)(H,108,122)(H,109,127)(H,110,124)(H,111,126)(H,112,123)(H4,94,95,98)(H4,96,97,99)/t60-,61-,62-,63-,64-,65-,66-,67-,68-,69-,70-,71-/m0/s1. The van der Waals surface area contributed by atoms with Crippen molar-refractivity contribution in [1.82, 2.24) is 68.8 Å². The van der Waals surface area contributed by atoms with E-state index in [-0.39, 0.29) is 179 Å². The molecule has 0 radical (unpaired) electrons. The summed E-state index contributed by atoms with van der Waals surface area (Å²) in [5, 5.41) is 54.2. The van der Waals surface area contributed by atoms with Gasteiger partial charge in [-0.15, -0.1) is 0 Å². The molecule has 3 aromatic carbocycles. The molecule has 0 saturated carbocycles. The van der Waals surface area contributed by atoms with Gasteiger partial charge in [0.05, 0.1) is 0 Å². The van der Waals surface area contributed by atoms with Gasteiger partial charge in [-0.25, -0.2) is 0 Å². The van der Waals surface area contributed by atoms with Crippen LogP contribution < -0.4 is 133 Å². The van der Waals surface area contributed by atoms with Gasteiger partial charge in [0, 0.05) is 56.4 Å². The Morgan fingerprint density at radius 1 is 0.299 bits per heavy atom. The molecule has 0 spiro atoms. The predicted octanol–water partition coefficient (Wildman–Crippen LogP) is -4.06. The molecule has 0 aliphatic carbocycles. The number of nitrogens with one attached hydrogen (secondary N) is 13. The number of carbonyl (C=O) groups is 13. The van der Waals surface area contributed by atoms with Crippen molar-refractivity contribution in [2.45, 2.75) is 259 Å². The van der Waals surface area contributed by atoms with E-state index in [0.29, 0.717) is 111 Å². The summed E-state index contributed by atoms with van der Waals surface area (Å²) in [5.41, 5.74) is 71.5. The van der Waals surface area contributed by atoms with Gasteiger partial charge >= 0.3 is 0 Å². The smallest absolute Gasteiger partial charge is 0.243 e. The monoisotopic (exact) mass is 1780 g/mol. The predicted molar refractivity (Wildman–Crippen MR) is 484 cm³/mol. The van der Waals surface area contributed by atoms with Crippen molar-refractivity contribution in [1.29, 1.82) is 0 Å². The Kier molecular flexibility index (Phi) is 51.4. The number of fused-ring (bicyclic) bond motifs is 1. The second kappa shape index (κ2) is 60.7. The average molecular weight is 1780 g/mol. The van der Waals surface area contributed by atoms with Gasteiger partial charge in [-0.3, -0.25) is 72.3 Å². The molecular formula is C85H141N27O15. The highest BCUT2D eigenvalue weighted by molar-refractivity contribution is 6.00. The second-order valence-electron chi connectivity index (χ2n) is 31.5. The van der Waals surface area contributed by atoms with Crippen LogP contribution in [0, 0.1) is 0 Å². The minimum absolute atomic E-state index is 0.00967. The summed E-state index contributed by atoms with van der Waals surface area (Å²) in [6, 6.07) is 1.98. The van der Waals surface area contributed by atoms with Crippen molar-refractivity contribution in [3.8, 4) is 11.5 Å². The average Bonchev–Trinajstić information content (AvgIpc) is 1.68. The molecule has 0 unspecified atom stereocenters. The van der Waals surface area contributed by atoms with E-state index in [9.17, 15) is 43.8 Å². The Hall–Kier alpha value is -11.8. The van der Waals surface area contributed by atoms with E-state index in [1.165, 1.54) is 55.5 Å². The van der Waals surface area contributed by atoms with Gasteiger partial charge in [-0.1, -0.05) is 42.5 Å². The minimum atomic E-state index is -1.58. The highest BCUT2D eigenvalue weighted by Gasteiger charge is 2.38. The first kappa shape index (κ1) is 108. The first-order valence-corrected chi connectivity index (χ1v) is 43.9. The number of nitrogens with two attached hydrogens (primary N) is 12. The van der Waals surface area contributed by atoms with Gasteiger partial charge < -0.3 is 148 Å². The quantitative estimate of drug-likeness (QED) is 0.0114. The number of amides is 13. The Morgan fingerprint density at radius 2 is 0.535 bits per heavy atom. The molecule has 0 aliphatic rings.